The molecule has 0 heterocycles. The topological polar surface area (TPSA) is 29.5 Å². The molecular weight excluding hydrogens is 314 g/mol. The molecule has 1 amide bonds. The number of aryl methyl sites for hydroxylation is 1. The van der Waals surface area contributed by atoms with Crippen LogP contribution in [0.2, 0.25) is 18.1 Å². The summed E-state index contributed by atoms with van der Waals surface area (Å²) in [6.45, 7) is 14.1. The molecule has 24 heavy (non-hydrogen) atoms. The van der Waals surface area contributed by atoms with Crippen LogP contribution >= 0.6 is 0 Å². The van der Waals surface area contributed by atoms with E-state index in [1.54, 1.807) is 25.1 Å². The largest absolute Gasteiger partial charge is 0.416 e. The van der Waals surface area contributed by atoms with Crippen molar-refractivity contribution in [1.29, 1.82) is 0 Å². The molecule has 1 aromatic carbocycles. The first-order chi connectivity index (χ1) is 11.0. The molecule has 0 aromatic heterocycles. The fraction of sp³-hybridized carbons (Fsp3) is 0.550. The predicted octanol–water partition coefficient (Wildman–Crippen LogP) is 4.66. The molecule has 0 aliphatic rings. The number of hydrogen-bond acceptors (Lipinski definition) is 2. The number of carbonyl (C=O) groups is 1. The Morgan fingerprint density at radius 1 is 1.25 bits per heavy atom. The summed E-state index contributed by atoms with van der Waals surface area (Å²) in [5.41, 5.74) is 3.55. The van der Waals surface area contributed by atoms with Crippen molar-refractivity contribution < 1.29 is 9.22 Å². The molecule has 0 unspecified atom stereocenters. The molecule has 0 fully saturated rings. The standard InChI is InChI=1S/C20H33NO2Si/c1-16-10-9-11-17(18(16)12-13-19(22)21(5)6)14-15-23-24(7,8)20(2,3)4/h9-13H,14-15H2,1-8H3/b13-12+. The van der Waals surface area contributed by atoms with Crippen LogP contribution in [0.5, 0.6) is 0 Å². The lowest BCUT2D eigenvalue weighted by molar-refractivity contribution is -0.123. The van der Waals surface area contributed by atoms with Gasteiger partial charge in [-0.25, -0.2) is 0 Å². The third-order valence-corrected chi connectivity index (χ3v) is 9.43. The zero-order valence-electron chi connectivity index (χ0n) is 16.6. The Balaban J connectivity index is 2.87. The summed E-state index contributed by atoms with van der Waals surface area (Å²) >= 11 is 0. The molecule has 1 aromatic rings. The van der Waals surface area contributed by atoms with Crippen LogP contribution in [-0.2, 0) is 15.6 Å². The predicted molar refractivity (Wildman–Crippen MR) is 106 cm³/mol. The van der Waals surface area contributed by atoms with Crippen molar-refractivity contribution in [2.75, 3.05) is 20.7 Å². The second kappa shape index (κ2) is 8.12. The first kappa shape index (κ1) is 20.7. The van der Waals surface area contributed by atoms with Gasteiger partial charge >= 0.3 is 0 Å². The van der Waals surface area contributed by atoms with Crippen LogP contribution in [-0.4, -0.2) is 39.8 Å². The maximum absolute atomic E-state index is 11.8. The summed E-state index contributed by atoms with van der Waals surface area (Å²) in [4.78, 5) is 13.4. The smallest absolute Gasteiger partial charge is 0.246 e. The van der Waals surface area contributed by atoms with Gasteiger partial charge in [0.25, 0.3) is 0 Å². The Kier molecular flexibility index (Phi) is 6.99. The highest BCUT2D eigenvalue weighted by Crippen LogP contribution is 2.36. The molecule has 0 radical (unpaired) electrons. The quantitative estimate of drug-likeness (QED) is 0.553. The number of carbonyl (C=O) groups excluding carboxylic acids is 1. The van der Waals surface area contributed by atoms with Gasteiger partial charge in [0, 0.05) is 26.8 Å². The van der Waals surface area contributed by atoms with Gasteiger partial charge in [-0.2, -0.15) is 0 Å². The maximum atomic E-state index is 11.8. The second-order valence-electron chi connectivity index (χ2n) is 8.07. The van der Waals surface area contributed by atoms with Gasteiger partial charge in [-0.15, -0.1) is 0 Å². The number of amides is 1. The van der Waals surface area contributed by atoms with Crippen molar-refractivity contribution in [3.63, 3.8) is 0 Å². The van der Waals surface area contributed by atoms with Crippen molar-refractivity contribution >= 4 is 20.3 Å². The van der Waals surface area contributed by atoms with Crippen molar-refractivity contribution in [3.05, 3.63) is 41.0 Å². The lowest BCUT2D eigenvalue weighted by Gasteiger charge is -2.36. The van der Waals surface area contributed by atoms with Crippen molar-refractivity contribution in [1.82, 2.24) is 4.90 Å². The molecule has 0 saturated heterocycles. The Morgan fingerprint density at radius 2 is 1.88 bits per heavy atom. The van der Waals surface area contributed by atoms with E-state index in [0.29, 0.717) is 0 Å². The van der Waals surface area contributed by atoms with E-state index in [2.05, 4.69) is 59.0 Å². The molecule has 0 bridgehead atoms. The summed E-state index contributed by atoms with van der Waals surface area (Å²) < 4.78 is 6.30. The minimum absolute atomic E-state index is 0.00160. The van der Waals surface area contributed by atoms with Gasteiger partial charge in [-0.05, 0) is 54.2 Å². The Labute approximate surface area is 148 Å². The van der Waals surface area contributed by atoms with Gasteiger partial charge < -0.3 is 9.33 Å². The molecule has 0 N–H and O–H groups in total. The van der Waals surface area contributed by atoms with Crippen LogP contribution in [0.4, 0.5) is 0 Å². The van der Waals surface area contributed by atoms with E-state index >= 15 is 0 Å². The number of likely N-dealkylation sites (N-methyl/N-ethyl adjacent to an activating group) is 1. The van der Waals surface area contributed by atoms with E-state index in [-0.39, 0.29) is 10.9 Å². The molecule has 4 heteroatoms. The molecule has 0 atom stereocenters. The highest BCUT2D eigenvalue weighted by Gasteiger charge is 2.36. The van der Waals surface area contributed by atoms with Gasteiger partial charge in [-0.1, -0.05) is 39.0 Å². The SMILES string of the molecule is Cc1cccc(CCO[Si](C)(C)C(C)(C)C)c1/C=C/C(=O)N(C)C. The first-order valence-corrected chi connectivity index (χ1v) is 11.5. The third kappa shape index (κ3) is 5.60. The summed E-state index contributed by atoms with van der Waals surface area (Å²) in [5.74, 6) is 0.00160. The molecule has 0 aliphatic heterocycles. The normalized spacial score (nSPS) is 12.7. The molecule has 0 spiro atoms. The summed E-state index contributed by atoms with van der Waals surface area (Å²) in [7, 11) is 1.80. The van der Waals surface area contributed by atoms with E-state index in [1.165, 1.54) is 11.1 Å². The van der Waals surface area contributed by atoms with E-state index in [1.807, 2.05) is 6.08 Å². The van der Waals surface area contributed by atoms with Gasteiger partial charge in [-0.3, -0.25) is 4.79 Å². The fourth-order valence-electron chi connectivity index (χ4n) is 2.13. The van der Waals surface area contributed by atoms with Crippen LogP contribution in [0.25, 0.3) is 6.08 Å². The van der Waals surface area contributed by atoms with E-state index in [4.69, 9.17) is 4.43 Å². The summed E-state index contributed by atoms with van der Waals surface area (Å²) in [5, 5.41) is 0.223. The van der Waals surface area contributed by atoms with E-state index < -0.39 is 8.32 Å². The minimum atomic E-state index is -1.72. The van der Waals surface area contributed by atoms with Crippen molar-refractivity contribution in [2.45, 2.75) is 52.2 Å². The Hall–Kier alpha value is -1.39. The Bertz CT molecular complexity index is 598. The average Bonchev–Trinajstić information content (AvgIpc) is 2.44. The van der Waals surface area contributed by atoms with E-state index in [9.17, 15) is 4.79 Å². The van der Waals surface area contributed by atoms with Gasteiger partial charge in [0.1, 0.15) is 0 Å². The molecule has 1 rings (SSSR count). The zero-order valence-corrected chi connectivity index (χ0v) is 17.6. The third-order valence-electron chi connectivity index (χ3n) is 4.89. The first-order valence-electron chi connectivity index (χ1n) is 8.57. The van der Waals surface area contributed by atoms with Gasteiger partial charge in [0.2, 0.25) is 5.91 Å². The molecule has 0 saturated carbocycles. The number of rotatable bonds is 6. The molecule has 3 nitrogen and oxygen atoms in total. The van der Waals surface area contributed by atoms with Crippen LogP contribution < -0.4 is 0 Å². The fourth-order valence-corrected chi connectivity index (χ4v) is 3.18. The maximum Gasteiger partial charge on any atom is 0.246 e. The number of hydrogen-bond donors (Lipinski definition) is 0. The highest BCUT2D eigenvalue weighted by atomic mass is 28.4. The monoisotopic (exact) mass is 347 g/mol. The summed E-state index contributed by atoms with van der Waals surface area (Å²) in [6.07, 6.45) is 4.43. The van der Waals surface area contributed by atoms with Crippen LogP contribution in [0, 0.1) is 6.92 Å². The minimum Gasteiger partial charge on any atom is -0.416 e. The van der Waals surface area contributed by atoms with Crippen molar-refractivity contribution in [2.24, 2.45) is 0 Å². The van der Waals surface area contributed by atoms with Gasteiger partial charge in [0.05, 0.1) is 0 Å². The van der Waals surface area contributed by atoms with Crippen molar-refractivity contribution in [3.8, 4) is 0 Å². The zero-order chi connectivity index (χ0) is 18.5. The van der Waals surface area contributed by atoms with Crippen LogP contribution in [0.15, 0.2) is 24.3 Å². The Morgan fingerprint density at radius 3 is 2.42 bits per heavy atom. The lowest BCUT2D eigenvalue weighted by Crippen LogP contribution is -2.41. The number of nitrogens with zero attached hydrogens (tertiary/aromatic N) is 1. The highest BCUT2D eigenvalue weighted by molar-refractivity contribution is 6.74. The molecular formula is C20H33NO2Si. The second-order valence-corrected chi connectivity index (χ2v) is 12.9. The average molecular weight is 348 g/mol. The molecule has 134 valence electrons. The van der Waals surface area contributed by atoms with Gasteiger partial charge in [0.15, 0.2) is 8.32 Å². The lowest BCUT2D eigenvalue weighted by atomic mass is 9.99. The molecule has 0 aliphatic carbocycles. The number of benzene rings is 1. The van der Waals surface area contributed by atoms with E-state index in [0.717, 1.165) is 18.6 Å². The summed E-state index contributed by atoms with van der Waals surface area (Å²) in [6, 6.07) is 6.28. The van der Waals surface area contributed by atoms with Crippen LogP contribution in [0.1, 0.15) is 37.5 Å². The van der Waals surface area contributed by atoms with Crippen LogP contribution in [0.3, 0.4) is 0 Å².